The molecule has 112 valence electrons. The highest BCUT2D eigenvalue weighted by atomic mass is 32.2. The molecule has 3 heteroatoms. The maximum absolute atomic E-state index is 12.5. The van der Waals surface area contributed by atoms with E-state index in [1.165, 1.54) is 0 Å². The third-order valence-electron chi connectivity index (χ3n) is 4.04. The molecular weight excluding hydrogens is 302 g/mol. The van der Waals surface area contributed by atoms with E-state index in [2.05, 4.69) is 29.6 Å². The van der Waals surface area contributed by atoms with Crippen molar-refractivity contribution in [3.63, 3.8) is 0 Å². The predicted molar refractivity (Wildman–Crippen MR) is 93.4 cm³/mol. The summed E-state index contributed by atoms with van der Waals surface area (Å²) in [5.41, 5.74) is 2.84. The number of thioether (sulfide) groups is 1. The Kier molecular flexibility index (Phi) is 3.43. The maximum atomic E-state index is 12.5. The van der Waals surface area contributed by atoms with Gasteiger partial charge in [-0.3, -0.25) is 4.79 Å². The second-order valence-electron chi connectivity index (χ2n) is 5.46. The molecule has 0 aliphatic carbocycles. The Bertz CT molecular complexity index is 848. The van der Waals surface area contributed by atoms with Crippen molar-refractivity contribution in [2.24, 2.45) is 0 Å². The minimum atomic E-state index is -0.587. The molecule has 1 atom stereocenters. The second-order valence-corrected chi connectivity index (χ2v) is 6.75. The highest BCUT2D eigenvalue weighted by Crippen LogP contribution is 2.48. The molecule has 3 aromatic carbocycles. The van der Waals surface area contributed by atoms with Crippen molar-refractivity contribution in [3.8, 4) is 0 Å². The molecule has 2 nitrogen and oxygen atoms in total. The third-order valence-corrected chi connectivity index (χ3v) is 5.41. The first-order valence-electron chi connectivity index (χ1n) is 7.51. The van der Waals surface area contributed by atoms with Crippen LogP contribution in [0.1, 0.15) is 21.5 Å². The molecule has 4 rings (SSSR count). The van der Waals surface area contributed by atoms with Gasteiger partial charge in [-0.2, -0.15) is 0 Å². The standard InChI is InChI=1S/C20H15NOS/c22-19-17-13-7-8-14-18(17)20(21-19,15-9-3-1-4-10-15)23-16-11-5-2-6-12-16/h1-14H,(H,21,22)/t20-/m1/s1. The number of carbonyl (C=O) groups excluding carboxylic acids is 1. The molecule has 0 fully saturated rings. The number of nitrogens with one attached hydrogen (secondary N) is 1. The van der Waals surface area contributed by atoms with E-state index < -0.39 is 4.87 Å². The van der Waals surface area contributed by atoms with E-state index in [1.54, 1.807) is 11.8 Å². The molecule has 1 N–H and O–H groups in total. The van der Waals surface area contributed by atoms with Crippen molar-refractivity contribution < 1.29 is 4.79 Å². The van der Waals surface area contributed by atoms with Crippen molar-refractivity contribution >= 4 is 17.7 Å². The van der Waals surface area contributed by atoms with Gasteiger partial charge in [0.25, 0.3) is 5.91 Å². The number of hydrogen-bond acceptors (Lipinski definition) is 2. The number of carbonyl (C=O) groups is 1. The Morgan fingerprint density at radius 3 is 2.09 bits per heavy atom. The molecule has 3 aromatic rings. The van der Waals surface area contributed by atoms with E-state index in [4.69, 9.17) is 0 Å². The van der Waals surface area contributed by atoms with Gasteiger partial charge in [0.05, 0.1) is 0 Å². The fourth-order valence-corrected chi connectivity index (χ4v) is 4.32. The van der Waals surface area contributed by atoms with Crippen LogP contribution in [0.5, 0.6) is 0 Å². The van der Waals surface area contributed by atoms with Crippen LogP contribution in [0.2, 0.25) is 0 Å². The minimum Gasteiger partial charge on any atom is -0.329 e. The lowest BCUT2D eigenvalue weighted by molar-refractivity contribution is 0.0956. The van der Waals surface area contributed by atoms with Crippen molar-refractivity contribution in [1.82, 2.24) is 5.32 Å². The predicted octanol–water partition coefficient (Wildman–Crippen LogP) is 4.42. The summed E-state index contributed by atoms with van der Waals surface area (Å²) in [4.78, 5) is 13.1. The largest absolute Gasteiger partial charge is 0.329 e. The first kappa shape index (κ1) is 14.1. The van der Waals surface area contributed by atoms with E-state index in [9.17, 15) is 4.79 Å². The topological polar surface area (TPSA) is 29.1 Å². The number of hydrogen-bond donors (Lipinski definition) is 1. The number of amides is 1. The van der Waals surface area contributed by atoms with Crippen LogP contribution in [-0.2, 0) is 4.87 Å². The number of rotatable bonds is 3. The Hall–Kier alpha value is -2.52. The zero-order chi connectivity index (χ0) is 15.7. The quantitative estimate of drug-likeness (QED) is 0.774. The molecule has 1 aliphatic heterocycles. The highest BCUT2D eigenvalue weighted by Gasteiger charge is 2.45. The van der Waals surface area contributed by atoms with E-state index in [-0.39, 0.29) is 5.91 Å². The van der Waals surface area contributed by atoms with E-state index in [0.29, 0.717) is 0 Å². The molecule has 23 heavy (non-hydrogen) atoms. The van der Waals surface area contributed by atoms with Crippen molar-refractivity contribution in [3.05, 3.63) is 102 Å². The monoisotopic (exact) mass is 317 g/mol. The smallest absolute Gasteiger partial charge is 0.253 e. The lowest BCUT2D eigenvalue weighted by Gasteiger charge is -2.30. The van der Waals surface area contributed by atoms with Crippen LogP contribution in [0.25, 0.3) is 0 Å². The van der Waals surface area contributed by atoms with Gasteiger partial charge in [-0.15, -0.1) is 0 Å². The van der Waals surface area contributed by atoms with Gasteiger partial charge < -0.3 is 5.32 Å². The third kappa shape index (κ3) is 2.34. The van der Waals surface area contributed by atoms with Crippen LogP contribution in [0.15, 0.2) is 89.8 Å². The molecule has 0 saturated heterocycles. The van der Waals surface area contributed by atoms with Crippen molar-refractivity contribution in [2.75, 3.05) is 0 Å². The lowest BCUT2D eigenvalue weighted by atomic mass is 9.98. The first-order chi connectivity index (χ1) is 11.3. The van der Waals surface area contributed by atoms with Gasteiger partial charge in [0.15, 0.2) is 0 Å². The Labute approximate surface area is 139 Å². The van der Waals surface area contributed by atoms with Gasteiger partial charge in [-0.05, 0) is 23.8 Å². The second kappa shape index (κ2) is 5.60. The molecule has 0 unspecified atom stereocenters. The van der Waals surface area contributed by atoms with Crippen LogP contribution in [0.4, 0.5) is 0 Å². The summed E-state index contributed by atoms with van der Waals surface area (Å²) in [5.74, 6) is -0.0205. The van der Waals surface area contributed by atoms with E-state index in [0.717, 1.165) is 21.6 Å². The summed E-state index contributed by atoms with van der Waals surface area (Å²) in [7, 11) is 0. The van der Waals surface area contributed by atoms with Gasteiger partial charge in [0, 0.05) is 16.0 Å². The molecule has 0 spiro atoms. The van der Waals surface area contributed by atoms with Crippen LogP contribution in [0, 0.1) is 0 Å². The Balaban J connectivity index is 1.92. The summed E-state index contributed by atoms with van der Waals surface area (Å²) >= 11 is 1.67. The van der Waals surface area contributed by atoms with Crippen LogP contribution < -0.4 is 5.32 Å². The fourth-order valence-electron chi connectivity index (χ4n) is 2.99. The molecular formula is C20H15NOS. The molecule has 0 aromatic heterocycles. The summed E-state index contributed by atoms with van der Waals surface area (Å²) in [5, 5.41) is 3.22. The molecule has 1 aliphatic rings. The molecule has 0 radical (unpaired) electrons. The summed E-state index contributed by atoms with van der Waals surface area (Å²) < 4.78 is 0. The normalized spacial score (nSPS) is 19.2. The zero-order valence-electron chi connectivity index (χ0n) is 12.4. The molecule has 1 heterocycles. The van der Waals surface area contributed by atoms with Crippen molar-refractivity contribution in [1.29, 1.82) is 0 Å². The number of benzene rings is 3. The van der Waals surface area contributed by atoms with Gasteiger partial charge >= 0.3 is 0 Å². The lowest BCUT2D eigenvalue weighted by Crippen LogP contribution is -2.37. The van der Waals surface area contributed by atoms with Gasteiger partial charge in [0.2, 0.25) is 0 Å². The van der Waals surface area contributed by atoms with Crippen LogP contribution >= 0.6 is 11.8 Å². The summed E-state index contributed by atoms with van der Waals surface area (Å²) in [6.07, 6.45) is 0. The number of fused-ring (bicyclic) bond motifs is 1. The Morgan fingerprint density at radius 2 is 1.35 bits per heavy atom. The van der Waals surface area contributed by atoms with Gasteiger partial charge in [0.1, 0.15) is 4.87 Å². The molecule has 1 amide bonds. The van der Waals surface area contributed by atoms with Crippen molar-refractivity contribution in [2.45, 2.75) is 9.77 Å². The average Bonchev–Trinajstić information content (AvgIpc) is 2.90. The molecule has 0 saturated carbocycles. The minimum absolute atomic E-state index is 0.0205. The summed E-state index contributed by atoms with van der Waals surface area (Å²) in [6, 6.07) is 28.2. The van der Waals surface area contributed by atoms with Crippen LogP contribution in [-0.4, -0.2) is 5.91 Å². The van der Waals surface area contributed by atoms with E-state index in [1.807, 2.05) is 60.7 Å². The zero-order valence-corrected chi connectivity index (χ0v) is 13.2. The summed E-state index contributed by atoms with van der Waals surface area (Å²) in [6.45, 7) is 0. The average molecular weight is 317 g/mol. The maximum Gasteiger partial charge on any atom is 0.253 e. The van der Waals surface area contributed by atoms with Gasteiger partial charge in [-0.25, -0.2) is 0 Å². The SMILES string of the molecule is O=C1N[C@@](Sc2ccccc2)(c2ccccc2)c2ccccc21. The molecule has 0 bridgehead atoms. The van der Waals surface area contributed by atoms with E-state index >= 15 is 0 Å². The highest BCUT2D eigenvalue weighted by molar-refractivity contribution is 8.00. The first-order valence-corrected chi connectivity index (χ1v) is 8.33. The van der Waals surface area contributed by atoms with Gasteiger partial charge in [-0.1, -0.05) is 78.5 Å². The fraction of sp³-hybridized carbons (Fsp3) is 0.0500. The van der Waals surface area contributed by atoms with Crippen LogP contribution in [0.3, 0.4) is 0 Å². The Morgan fingerprint density at radius 1 is 0.739 bits per heavy atom.